The number of alkyl halides is 6. The highest BCUT2D eigenvalue weighted by molar-refractivity contribution is 7.90. The number of carbonyl (C=O) groups is 2. The molecule has 0 bridgehead atoms. The van der Waals surface area contributed by atoms with Crippen LogP contribution in [0.2, 0.25) is 0 Å². The van der Waals surface area contributed by atoms with Gasteiger partial charge in [0.1, 0.15) is 11.3 Å². The molecule has 0 spiro atoms. The topological polar surface area (TPSA) is 119 Å². The van der Waals surface area contributed by atoms with E-state index < -0.39 is 43.3 Å². The molecule has 0 aromatic rings. The summed E-state index contributed by atoms with van der Waals surface area (Å²) in [5, 5.41) is 0. The smallest absolute Gasteiger partial charge is 0.443 e. The number of halogens is 6. The minimum absolute atomic E-state index is 0.00124. The lowest BCUT2D eigenvalue weighted by molar-refractivity contribution is -0.754. The number of nitrogens with two attached hydrogens (primary N) is 1. The Balaban J connectivity index is 2.32. The number of fused-ring (bicyclic) bond motifs is 1. The molecule has 1 atom stereocenters. The van der Waals surface area contributed by atoms with Crippen molar-refractivity contribution in [3.05, 3.63) is 35.8 Å². The number of sulfonamides is 1. The van der Waals surface area contributed by atoms with E-state index in [4.69, 9.17) is 45.3 Å². The Hall–Kier alpha value is -1.64. The Bertz CT molecular complexity index is 1140. The second-order valence-electron chi connectivity index (χ2n) is 8.79. The molecule has 2 heterocycles. The summed E-state index contributed by atoms with van der Waals surface area (Å²) < 4.78 is 65.6. The molecule has 16 heteroatoms. The molecular formula is C20H25Cl3F3N4O5S+. The average molecular weight is 597 g/mol. The van der Waals surface area contributed by atoms with Crippen LogP contribution in [-0.2, 0) is 19.6 Å². The van der Waals surface area contributed by atoms with E-state index in [2.05, 4.69) is 4.99 Å². The zero-order valence-electron chi connectivity index (χ0n) is 19.5. The molecule has 0 fully saturated rings. The lowest BCUT2D eigenvalue weighted by atomic mass is 10.1. The molecule has 2 aliphatic rings. The second-order valence-corrected chi connectivity index (χ2v) is 12.9. The number of aliphatic imine (C=N–C) groups is 1. The highest BCUT2D eigenvalue weighted by atomic mass is 35.6. The van der Waals surface area contributed by atoms with E-state index >= 15 is 0 Å². The Labute approximate surface area is 221 Å². The van der Waals surface area contributed by atoms with Crippen LogP contribution in [0.15, 0.2) is 40.8 Å². The van der Waals surface area contributed by atoms with Gasteiger partial charge in [-0.1, -0.05) is 34.8 Å². The van der Waals surface area contributed by atoms with Crippen LogP contribution in [-0.4, -0.2) is 69.5 Å². The van der Waals surface area contributed by atoms with Gasteiger partial charge in [0.2, 0.25) is 11.5 Å². The van der Waals surface area contributed by atoms with Crippen LogP contribution in [0.4, 0.5) is 18.0 Å². The summed E-state index contributed by atoms with van der Waals surface area (Å²) >= 11 is 17.4. The molecule has 0 aliphatic carbocycles. The average Bonchev–Trinajstić information content (AvgIpc) is 3.08. The lowest BCUT2D eigenvalue weighted by Gasteiger charge is -2.38. The van der Waals surface area contributed by atoms with Gasteiger partial charge in [0.05, 0.1) is 19.3 Å². The Morgan fingerprint density at radius 1 is 1.17 bits per heavy atom. The minimum Gasteiger partial charge on any atom is -0.443 e. The molecule has 1 unspecified atom stereocenters. The van der Waals surface area contributed by atoms with Crippen LogP contribution in [0.3, 0.4) is 0 Å². The first-order chi connectivity index (χ1) is 16.3. The van der Waals surface area contributed by atoms with Crippen molar-refractivity contribution in [2.75, 3.05) is 19.6 Å². The van der Waals surface area contributed by atoms with Crippen molar-refractivity contribution in [2.24, 2.45) is 10.7 Å². The summed E-state index contributed by atoms with van der Waals surface area (Å²) in [7, 11) is -6.02. The normalized spacial score (nSPS) is 20.3. The van der Waals surface area contributed by atoms with Gasteiger partial charge in [-0.25, -0.2) is 9.28 Å². The third-order valence-electron chi connectivity index (χ3n) is 5.13. The van der Waals surface area contributed by atoms with Gasteiger partial charge in [-0.15, -0.1) is 0 Å². The minimum atomic E-state index is -6.02. The van der Waals surface area contributed by atoms with Crippen molar-refractivity contribution in [2.45, 2.75) is 48.5 Å². The van der Waals surface area contributed by atoms with Crippen molar-refractivity contribution < 1.29 is 40.4 Å². The summed E-state index contributed by atoms with van der Waals surface area (Å²) in [5.74, 6) is -0.529. The first-order valence-corrected chi connectivity index (χ1v) is 13.0. The van der Waals surface area contributed by atoms with Crippen molar-refractivity contribution in [3.8, 4) is 0 Å². The predicted octanol–water partition coefficient (Wildman–Crippen LogP) is 4.28. The van der Waals surface area contributed by atoms with Crippen LogP contribution < -0.4 is 5.73 Å². The zero-order chi connectivity index (χ0) is 27.7. The number of allylic oxidation sites excluding steroid dienone is 3. The van der Waals surface area contributed by atoms with Gasteiger partial charge in [0.25, 0.3) is 9.58 Å². The fourth-order valence-corrected chi connectivity index (χ4v) is 4.77. The van der Waals surface area contributed by atoms with Crippen LogP contribution in [0.25, 0.3) is 0 Å². The van der Waals surface area contributed by atoms with Crippen molar-refractivity contribution in [1.82, 2.24) is 4.31 Å². The fourth-order valence-electron chi connectivity index (χ4n) is 3.62. The maximum atomic E-state index is 13.2. The van der Waals surface area contributed by atoms with E-state index in [0.717, 1.165) is 0 Å². The number of rotatable bonds is 8. The summed E-state index contributed by atoms with van der Waals surface area (Å²) in [5.41, 5.74) is -0.625. The summed E-state index contributed by atoms with van der Waals surface area (Å²) in [6.45, 7) is 3.27. The number of ether oxygens (including phenoxy) is 1. The molecule has 0 saturated carbocycles. The monoisotopic (exact) mass is 595 g/mol. The SMILES string of the molecule is CC(C)(C)OC(=O)N(CCCC[N+]12C(CN)=CC=CC1=NC=C2C(=O)C(Cl)(Cl)Cl)S(=O)(=O)C(F)(F)F. The number of hydrogen-bond acceptors (Lipinski definition) is 7. The van der Waals surface area contributed by atoms with E-state index in [-0.39, 0.29) is 40.4 Å². The maximum Gasteiger partial charge on any atom is 0.516 e. The van der Waals surface area contributed by atoms with Gasteiger partial charge in [-0.2, -0.15) is 30.9 Å². The number of Topliss-reactive ketones (excluding diaryl/α,β-unsaturated/α-hetero) is 1. The Morgan fingerprint density at radius 2 is 1.78 bits per heavy atom. The fraction of sp³-hybridized carbons (Fsp3) is 0.550. The quantitative estimate of drug-likeness (QED) is 0.254. The molecule has 0 aromatic carbocycles. The number of hydrogen-bond donors (Lipinski definition) is 1. The first-order valence-electron chi connectivity index (χ1n) is 10.5. The van der Waals surface area contributed by atoms with Gasteiger partial charge in [-0.3, -0.25) is 4.79 Å². The third kappa shape index (κ3) is 6.25. The predicted molar refractivity (Wildman–Crippen MR) is 129 cm³/mol. The molecular weight excluding hydrogens is 572 g/mol. The number of unbranched alkanes of at least 4 members (excludes halogenated alkanes) is 1. The molecule has 202 valence electrons. The molecule has 2 aliphatic heterocycles. The van der Waals surface area contributed by atoms with Gasteiger partial charge < -0.3 is 10.5 Å². The number of quaternary nitrogens is 1. The highest BCUT2D eigenvalue weighted by Crippen LogP contribution is 2.41. The van der Waals surface area contributed by atoms with E-state index in [1.807, 2.05) is 0 Å². The molecule has 36 heavy (non-hydrogen) atoms. The van der Waals surface area contributed by atoms with E-state index in [1.165, 1.54) is 27.0 Å². The van der Waals surface area contributed by atoms with Crippen molar-refractivity contribution in [3.63, 3.8) is 0 Å². The standard InChI is InChI=1S/C20H25Cl3F3N4O5S/c1-18(2,3)35-17(32)29(36(33,34)20(24,25)26)9-4-5-10-30-13(11-27)7-6-8-15(30)28-12-14(30)16(31)19(21,22)23/h6-8,12H,4-5,9-11,27H2,1-3H3/q+1. The summed E-state index contributed by atoms with van der Waals surface area (Å²) in [6, 6.07) is 0. The first kappa shape index (κ1) is 30.6. The molecule has 0 radical (unpaired) electrons. The highest BCUT2D eigenvalue weighted by Gasteiger charge is 2.54. The van der Waals surface area contributed by atoms with Gasteiger partial charge in [0.15, 0.2) is 0 Å². The molecule has 2 rings (SSSR count). The van der Waals surface area contributed by atoms with E-state index in [0.29, 0.717) is 11.5 Å². The van der Waals surface area contributed by atoms with Gasteiger partial charge >= 0.3 is 21.6 Å². The third-order valence-corrected chi connectivity index (χ3v) is 7.14. The Morgan fingerprint density at radius 3 is 2.28 bits per heavy atom. The molecule has 0 aromatic heterocycles. The van der Waals surface area contributed by atoms with Crippen LogP contribution >= 0.6 is 34.8 Å². The van der Waals surface area contributed by atoms with E-state index in [1.54, 1.807) is 18.2 Å². The lowest BCUT2D eigenvalue weighted by Crippen LogP contribution is -2.54. The van der Waals surface area contributed by atoms with Gasteiger partial charge in [-0.05, 0) is 45.8 Å². The van der Waals surface area contributed by atoms with Crippen molar-refractivity contribution >= 4 is 62.5 Å². The number of amidine groups is 1. The van der Waals surface area contributed by atoms with E-state index in [9.17, 15) is 31.2 Å². The number of carbonyl (C=O) groups excluding carboxylic acids is 2. The van der Waals surface area contributed by atoms with Crippen LogP contribution in [0, 0.1) is 0 Å². The summed E-state index contributed by atoms with van der Waals surface area (Å²) in [4.78, 5) is 29.4. The number of amides is 1. The molecule has 0 saturated heterocycles. The van der Waals surface area contributed by atoms with Gasteiger partial charge in [0, 0.05) is 12.6 Å². The zero-order valence-corrected chi connectivity index (χ0v) is 22.6. The molecule has 1 amide bonds. The molecule has 2 N–H and O–H groups in total. The number of ketones is 1. The second kappa shape index (κ2) is 10.6. The van der Waals surface area contributed by atoms with Crippen LogP contribution in [0.1, 0.15) is 33.6 Å². The summed E-state index contributed by atoms with van der Waals surface area (Å²) in [6.07, 6.45) is 4.22. The Kier molecular flexibility index (Phi) is 9.02. The maximum absolute atomic E-state index is 13.2. The molecule has 9 nitrogen and oxygen atoms in total. The van der Waals surface area contributed by atoms with Crippen LogP contribution in [0.5, 0.6) is 0 Å². The van der Waals surface area contributed by atoms with Crippen molar-refractivity contribution in [1.29, 1.82) is 0 Å². The largest absolute Gasteiger partial charge is 0.516 e. The number of nitrogens with zero attached hydrogens (tertiary/aromatic N) is 3.